The van der Waals surface area contributed by atoms with E-state index in [0.29, 0.717) is 18.2 Å². The number of aromatic nitrogens is 2. The molecular weight excluding hydrogens is 166 g/mol. The first-order valence-electron chi connectivity index (χ1n) is 4.40. The summed E-state index contributed by atoms with van der Waals surface area (Å²) in [6.45, 7) is 6.66. The summed E-state index contributed by atoms with van der Waals surface area (Å²) in [7, 11) is 0. The minimum Gasteiger partial charge on any atom is -0.350 e. The molecule has 4 heteroatoms. The van der Waals surface area contributed by atoms with E-state index in [1.54, 1.807) is 6.07 Å². The van der Waals surface area contributed by atoms with E-state index in [1.807, 2.05) is 6.92 Å². The van der Waals surface area contributed by atoms with E-state index >= 15 is 0 Å². The number of aryl methyl sites for hydroxylation is 1. The van der Waals surface area contributed by atoms with Crippen LogP contribution in [0.1, 0.15) is 30.0 Å². The Hall–Kier alpha value is -1.32. The largest absolute Gasteiger partial charge is 0.350 e. The predicted octanol–water partition coefficient (Wildman–Crippen LogP) is 1.10. The Labute approximate surface area is 77.7 Å². The van der Waals surface area contributed by atoms with Gasteiger partial charge in [-0.3, -0.25) is 9.89 Å². The average molecular weight is 181 g/mol. The van der Waals surface area contributed by atoms with Crippen molar-refractivity contribution in [2.24, 2.45) is 5.92 Å². The number of carbonyl (C=O) groups is 1. The van der Waals surface area contributed by atoms with Gasteiger partial charge in [0, 0.05) is 12.2 Å². The Morgan fingerprint density at radius 1 is 1.69 bits per heavy atom. The highest BCUT2D eigenvalue weighted by atomic mass is 16.1. The first kappa shape index (κ1) is 9.77. The van der Waals surface area contributed by atoms with Gasteiger partial charge in [-0.15, -0.1) is 0 Å². The molecule has 0 unspecified atom stereocenters. The van der Waals surface area contributed by atoms with Gasteiger partial charge in [0.15, 0.2) is 0 Å². The van der Waals surface area contributed by atoms with Gasteiger partial charge in [0.2, 0.25) is 0 Å². The summed E-state index contributed by atoms with van der Waals surface area (Å²) in [5.74, 6) is 0.349. The molecule has 0 fully saturated rings. The fourth-order valence-corrected chi connectivity index (χ4v) is 0.922. The summed E-state index contributed by atoms with van der Waals surface area (Å²) in [5.41, 5.74) is 1.35. The second-order valence-electron chi connectivity index (χ2n) is 3.54. The quantitative estimate of drug-likeness (QED) is 0.733. The zero-order valence-corrected chi connectivity index (χ0v) is 8.22. The monoisotopic (exact) mass is 181 g/mol. The Morgan fingerprint density at radius 3 is 2.85 bits per heavy atom. The van der Waals surface area contributed by atoms with Crippen LogP contribution >= 0.6 is 0 Å². The van der Waals surface area contributed by atoms with Crippen molar-refractivity contribution in [3.8, 4) is 0 Å². The van der Waals surface area contributed by atoms with Gasteiger partial charge in [0.05, 0.1) is 0 Å². The molecule has 0 aliphatic carbocycles. The molecule has 0 aromatic carbocycles. The van der Waals surface area contributed by atoms with Crippen molar-refractivity contribution in [1.82, 2.24) is 15.5 Å². The highest BCUT2D eigenvalue weighted by molar-refractivity contribution is 5.92. The molecule has 4 nitrogen and oxygen atoms in total. The zero-order chi connectivity index (χ0) is 9.84. The molecule has 0 radical (unpaired) electrons. The maximum Gasteiger partial charge on any atom is 0.271 e. The van der Waals surface area contributed by atoms with Crippen molar-refractivity contribution in [2.75, 3.05) is 6.54 Å². The van der Waals surface area contributed by atoms with Crippen LogP contribution in [-0.2, 0) is 0 Å². The summed E-state index contributed by atoms with van der Waals surface area (Å²) in [5, 5.41) is 9.37. The third kappa shape index (κ3) is 2.89. The average Bonchev–Trinajstić information content (AvgIpc) is 2.47. The molecule has 1 aromatic rings. The van der Waals surface area contributed by atoms with E-state index in [2.05, 4.69) is 29.4 Å². The molecule has 0 saturated carbocycles. The third-order valence-corrected chi connectivity index (χ3v) is 1.61. The molecule has 0 atom stereocenters. The van der Waals surface area contributed by atoms with Crippen LogP contribution in [0.3, 0.4) is 0 Å². The van der Waals surface area contributed by atoms with Crippen molar-refractivity contribution in [2.45, 2.75) is 20.8 Å². The van der Waals surface area contributed by atoms with Crippen LogP contribution in [0, 0.1) is 12.8 Å². The van der Waals surface area contributed by atoms with E-state index in [0.717, 1.165) is 5.69 Å². The second kappa shape index (κ2) is 4.07. The van der Waals surface area contributed by atoms with Crippen LogP contribution in [0.2, 0.25) is 0 Å². The molecule has 1 amide bonds. The summed E-state index contributed by atoms with van der Waals surface area (Å²) in [4.78, 5) is 11.4. The molecule has 0 aliphatic rings. The van der Waals surface area contributed by atoms with Crippen LogP contribution in [0.25, 0.3) is 0 Å². The molecule has 13 heavy (non-hydrogen) atoms. The lowest BCUT2D eigenvalue weighted by molar-refractivity contribution is 0.0944. The van der Waals surface area contributed by atoms with Gasteiger partial charge in [-0.25, -0.2) is 0 Å². The fourth-order valence-electron chi connectivity index (χ4n) is 0.922. The van der Waals surface area contributed by atoms with Gasteiger partial charge >= 0.3 is 0 Å². The maximum atomic E-state index is 11.4. The summed E-state index contributed by atoms with van der Waals surface area (Å²) in [6.07, 6.45) is 0. The van der Waals surface area contributed by atoms with E-state index in [-0.39, 0.29) is 5.91 Å². The SMILES string of the molecule is Cc1cc(C(=O)NCC(C)C)n[nH]1. The van der Waals surface area contributed by atoms with Crippen LogP contribution in [0.4, 0.5) is 0 Å². The Kier molecular flexibility index (Phi) is 3.06. The number of nitrogens with one attached hydrogen (secondary N) is 2. The number of H-pyrrole nitrogens is 1. The van der Waals surface area contributed by atoms with Gasteiger partial charge in [-0.1, -0.05) is 13.8 Å². The standard InChI is InChI=1S/C9H15N3O/c1-6(2)5-10-9(13)8-4-7(3)11-12-8/h4,6H,5H2,1-3H3,(H,10,13)(H,11,12). The number of carbonyl (C=O) groups excluding carboxylic acids is 1. The molecule has 1 rings (SSSR count). The summed E-state index contributed by atoms with van der Waals surface area (Å²) >= 11 is 0. The van der Waals surface area contributed by atoms with E-state index < -0.39 is 0 Å². The number of hydrogen-bond acceptors (Lipinski definition) is 2. The second-order valence-corrected chi connectivity index (χ2v) is 3.54. The van der Waals surface area contributed by atoms with Crippen molar-refractivity contribution >= 4 is 5.91 Å². The number of nitrogens with zero attached hydrogens (tertiary/aromatic N) is 1. The molecule has 0 bridgehead atoms. The molecule has 0 aliphatic heterocycles. The summed E-state index contributed by atoms with van der Waals surface area (Å²) in [6, 6.07) is 1.73. The van der Waals surface area contributed by atoms with Crippen molar-refractivity contribution < 1.29 is 4.79 Å². The van der Waals surface area contributed by atoms with Crippen LogP contribution < -0.4 is 5.32 Å². The first-order chi connectivity index (χ1) is 6.09. The maximum absolute atomic E-state index is 11.4. The van der Waals surface area contributed by atoms with Gasteiger partial charge in [0.25, 0.3) is 5.91 Å². The summed E-state index contributed by atoms with van der Waals surface area (Å²) < 4.78 is 0. The van der Waals surface area contributed by atoms with Crippen molar-refractivity contribution in [3.63, 3.8) is 0 Å². The highest BCUT2D eigenvalue weighted by Gasteiger charge is 2.08. The van der Waals surface area contributed by atoms with Crippen molar-refractivity contribution in [1.29, 1.82) is 0 Å². The highest BCUT2D eigenvalue weighted by Crippen LogP contribution is 1.97. The van der Waals surface area contributed by atoms with Crippen LogP contribution in [-0.4, -0.2) is 22.6 Å². The molecule has 2 N–H and O–H groups in total. The third-order valence-electron chi connectivity index (χ3n) is 1.61. The van der Waals surface area contributed by atoms with Crippen LogP contribution in [0.5, 0.6) is 0 Å². The number of amides is 1. The topological polar surface area (TPSA) is 57.8 Å². The van der Waals surface area contributed by atoms with Crippen LogP contribution in [0.15, 0.2) is 6.07 Å². The van der Waals surface area contributed by atoms with E-state index in [1.165, 1.54) is 0 Å². The zero-order valence-electron chi connectivity index (χ0n) is 8.22. The number of hydrogen-bond donors (Lipinski definition) is 2. The molecule has 0 saturated heterocycles. The normalized spacial score (nSPS) is 10.5. The van der Waals surface area contributed by atoms with E-state index in [9.17, 15) is 4.79 Å². The number of rotatable bonds is 3. The Bertz CT molecular complexity index is 291. The predicted molar refractivity (Wildman–Crippen MR) is 50.5 cm³/mol. The molecule has 1 aromatic heterocycles. The molecule has 72 valence electrons. The fraction of sp³-hybridized carbons (Fsp3) is 0.556. The van der Waals surface area contributed by atoms with Crippen molar-refractivity contribution in [3.05, 3.63) is 17.5 Å². The van der Waals surface area contributed by atoms with Gasteiger partial charge < -0.3 is 5.32 Å². The lowest BCUT2D eigenvalue weighted by Crippen LogP contribution is -2.27. The molecular formula is C9H15N3O. The Balaban J connectivity index is 2.49. The van der Waals surface area contributed by atoms with Gasteiger partial charge in [0.1, 0.15) is 5.69 Å². The molecule has 1 heterocycles. The minimum atomic E-state index is -0.113. The first-order valence-corrected chi connectivity index (χ1v) is 4.40. The minimum absolute atomic E-state index is 0.113. The van der Waals surface area contributed by atoms with Gasteiger partial charge in [-0.05, 0) is 18.9 Å². The van der Waals surface area contributed by atoms with Gasteiger partial charge in [-0.2, -0.15) is 5.10 Å². The smallest absolute Gasteiger partial charge is 0.271 e. The lowest BCUT2D eigenvalue weighted by atomic mass is 10.2. The Morgan fingerprint density at radius 2 is 2.38 bits per heavy atom. The van der Waals surface area contributed by atoms with E-state index in [4.69, 9.17) is 0 Å². The lowest BCUT2D eigenvalue weighted by Gasteiger charge is -2.04. The number of aromatic amines is 1. The molecule has 0 spiro atoms.